The number of nitrogens with two attached hydrogens (primary N) is 1. The molecule has 1 saturated heterocycles. The van der Waals surface area contributed by atoms with E-state index in [-0.39, 0.29) is 18.1 Å². The van der Waals surface area contributed by atoms with Crippen LogP contribution in [0.3, 0.4) is 0 Å². The van der Waals surface area contributed by atoms with Crippen molar-refractivity contribution in [3.63, 3.8) is 0 Å². The Hall–Kier alpha value is -1.83. The Bertz CT molecular complexity index is 576. The summed E-state index contributed by atoms with van der Waals surface area (Å²) in [5, 5.41) is 0. The van der Waals surface area contributed by atoms with Gasteiger partial charge in [0.25, 0.3) is 5.91 Å². The highest BCUT2D eigenvalue weighted by molar-refractivity contribution is 5.96. The summed E-state index contributed by atoms with van der Waals surface area (Å²) in [4.78, 5) is 14.6. The molecule has 1 fully saturated rings. The second-order valence-corrected chi connectivity index (χ2v) is 5.45. The van der Waals surface area contributed by atoms with Gasteiger partial charge in [0.1, 0.15) is 0 Å². The number of ether oxygens (including phenoxy) is 1. The highest BCUT2D eigenvalue weighted by atomic mass is 16.5. The topological polar surface area (TPSA) is 55.6 Å². The van der Waals surface area contributed by atoms with Crippen LogP contribution in [0.2, 0.25) is 0 Å². The van der Waals surface area contributed by atoms with E-state index in [0.29, 0.717) is 25.2 Å². The van der Waals surface area contributed by atoms with Crippen molar-refractivity contribution in [1.82, 2.24) is 4.90 Å². The number of carbonyl (C=O) groups excluding carboxylic acids is 1. The third-order valence-corrected chi connectivity index (χ3v) is 3.60. The van der Waals surface area contributed by atoms with Crippen molar-refractivity contribution in [3.05, 3.63) is 34.9 Å². The Morgan fingerprint density at radius 1 is 1.38 bits per heavy atom. The molecule has 0 bridgehead atoms. The summed E-state index contributed by atoms with van der Waals surface area (Å²) in [6.07, 6.45) is 0.136. The van der Waals surface area contributed by atoms with Gasteiger partial charge in [0.05, 0.1) is 18.8 Å². The molecule has 2 N–H and O–H groups in total. The fourth-order valence-corrected chi connectivity index (χ4v) is 2.66. The molecule has 2 atom stereocenters. The van der Waals surface area contributed by atoms with Crippen molar-refractivity contribution in [1.29, 1.82) is 0 Å². The zero-order valence-corrected chi connectivity index (χ0v) is 12.8. The highest BCUT2D eigenvalue weighted by Gasteiger charge is 2.27. The molecule has 4 heteroatoms. The number of carbonyl (C=O) groups is 1. The number of hydrogen-bond donors (Lipinski definition) is 1. The van der Waals surface area contributed by atoms with E-state index in [1.165, 1.54) is 0 Å². The molecular formula is C17H22N2O2. The van der Waals surface area contributed by atoms with E-state index in [9.17, 15) is 4.79 Å². The second kappa shape index (κ2) is 6.75. The van der Waals surface area contributed by atoms with Gasteiger partial charge in [-0.25, -0.2) is 0 Å². The molecule has 0 aromatic heterocycles. The van der Waals surface area contributed by atoms with Crippen LogP contribution >= 0.6 is 0 Å². The SMILES string of the molecule is Cc1c(C#CCN)cccc1C(=O)N1CC(C)OC(C)C1. The van der Waals surface area contributed by atoms with Gasteiger partial charge in [0, 0.05) is 24.2 Å². The lowest BCUT2D eigenvalue weighted by atomic mass is 10.0. The predicted octanol–water partition coefficient (Wildman–Crippen LogP) is 1.55. The maximum absolute atomic E-state index is 12.7. The van der Waals surface area contributed by atoms with Crippen LogP contribution in [0, 0.1) is 18.8 Å². The van der Waals surface area contributed by atoms with Crippen molar-refractivity contribution < 1.29 is 9.53 Å². The van der Waals surface area contributed by atoms with Crippen molar-refractivity contribution in [2.45, 2.75) is 33.0 Å². The van der Waals surface area contributed by atoms with Crippen molar-refractivity contribution in [2.24, 2.45) is 5.73 Å². The maximum atomic E-state index is 12.7. The summed E-state index contributed by atoms with van der Waals surface area (Å²) in [6.45, 7) is 7.48. The van der Waals surface area contributed by atoms with E-state index in [0.717, 1.165) is 11.1 Å². The van der Waals surface area contributed by atoms with Gasteiger partial charge in [-0.1, -0.05) is 17.9 Å². The summed E-state index contributed by atoms with van der Waals surface area (Å²) >= 11 is 0. The monoisotopic (exact) mass is 286 g/mol. The quantitative estimate of drug-likeness (QED) is 0.797. The molecule has 112 valence electrons. The molecular weight excluding hydrogens is 264 g/mol. The fourth-order valence-electron chi connectivity index (χ4n) is 2.66. The Labute approximate surface area is 126 Å². The highest BCUT2D eigenvalue weighted by Crippen LogP contribution is 2.18. The number of hydrogen-bond acceptors (Lipinski definition) is 3. The first-order valence-corrected chi connectivity index (χ1v) is 7.26. The average molecular weight is 286 g/mol. The zero-order chi connectivity index (χ0) is 15.4. The second-order valence-electron chi connectivity index (χ2n) is 5.45. The third kappa shape index (κ3) is 3.63. The number of morpholine rings is 1. The molecule has 1 heterocycles. The van der Waals surface area contributed by atoms with Crippen LogP contribution < -0.4 is 5.73 Å². The van der Waals surface area contributed by atoms with Gasteiger partial charge in [-0.2, -0.15) is 0 Å². The van der Waals surface area contributed by atoms with Crippen molar-refractivity contribution in [2.75, 3.05) is 19.6 Å². The van der Waals surface area contributed by atoms with Gasteiger partial charge < -0.3 is 15.4 Å². The Morgan fingerprint density at radius 3 is 2.67 bits per heavy atom. The maximum Gasteiger partial charge on any atom is 0.254 e. The van der Waals surface area contributed by atoms with Crippen molar-refractivity contribution >= 4 is 5.91 Å². The van der Waals surface area contributed by atoms with Crippen LogP contribution in [0.1, 0.15) is 35.3 Å². The van der Waals surface area contributed by atoms with Gasteiger partial charge in [-0.05, 0) is 38.5 Å². The first kappa shape index (κ1) is 15.6. The van der Waals surface area contributed by atoms with Crippen molar-refractivity contribution in [3.8, 4) is 11.8 Å². The Kier molecular flexibility index (Phi) is 5.00. The lowest BCUT2D eigenvalue weighted by Crippen LogP contribution is -2.48. The van der Waals surface area contributed by atoms with E-state index in [1.54, 1.807) is 0 Å². The smallest absolute Gasteiger partial charge is 0.254 e. The van der Waals surface area contributed by atoms with Crippen LogP contribution in [-0.4, -0.2) is 42.6 Å². The van der Waals surface area contributed by atoms with Crippen LogP contribution in [-0.2, 0) is 4.74 Å². The fraction of sp³-hybridized carbons (Fsp3) is 0.471. The predicted molar refractivity (Wildman–Crippen MR) is 83.0 cm³/mol. The summed E-state index contributed by atoms with van der Waals surface area (Å²) in [5.74, 6) is 5.90. The summed E-state index contributed by atoms with van der Waals surface area (Å²) in [7, 11) is 0. The molecule has 1 aliphatic heterocycles. The molecule has 0 spiro atoms. The summed E-state index contributed by atoms with van der Waals surface area (Å²) in [6, 6.07) is 5.64. The van der Waals surface area contributed by atoms with E-state index >= 15 is 0 Å². The minimum absolute atomic E-state index is 0.0471. The minimum Gasteiger partial charge on any atom is -0.372 e. The minimum atomic E-state index is 0.0471. The molecule has 1 amide bonds. The van der Waals surface area contributed by atoms with E-state index in [4.69, 9.17) is 10.5 Å². The molecule has 0 radical (unpaired) electrons. The zero-order valence-electron chi connectivity index (χ0n) is 12.8. The average Bonchev–Trinajstić information content (AvgIpc) is 2.44. The van der Waals surface area contributed by atoms with E-state index in [1.807, 2.05) is 43.9 Å². The first-order valence-electron chi connectivity index (χ1n) is 7.26. The third-order valence-electron chi connectivity index (χ3n) is 3.60. The van der Waals surface area contributed by atoms with Gasteiger partial charge in [0.2, 0.25) is 0 Å². The summed E-state index contributed by atoms with van der Waals surface area (Å²) in [5.41, 5.74) is 7.89. The van der Waals surface area contributed by atoms with Gasteiger partial charge in [-0.3, -0.25) is 4.79 Å². The van der Waals surface area contributed by atoms with E-state index < -0.39 is 0 Å². The van der Waals surface area contributed by atoms with Gasteiger partial charge in [-0.15, -0.1) is 0 Å². The van der Waals surface area contributed by atoms with Crippen LogP contribution in [0.4, 0.5) is 0 Å². The number of amides is 1. The molecule has 1 aliphatic rings. The van der Waals surface area contributed by atoms with E-state index in [2.05, 4.69) is 11.8 Å². The summed E-state index contributed by atoms with van der Waals surface area (Å²) < 4.78 is 5.68. The molecule has 2 unspecified atom stereocenters. The van der Waals surface area contributed by atoms with Gasteiger partial charge in [0.15, 0.2) is 0 Å². The first-order chi connectivity index (χ1) is 10.0. The van der Waals surface area contributed by atoms with Crippen LogP contribution in [0.25, 0.3) is 0 Å². The molecule has 4 nitrogen and oxygen atoms in total. The lowest BCUT2D eigenvalue weighted by Gasteiger charge is -2.35. The molecule has 1 aromatic rings. The largest absolute Gasteiger partial charge is 0.372 e. The number of benzene rings is 1. The lowest BCUT2D eigenvalue weighted by molar-refractivity contribution is -0.0586. The molecule has 2 rings (SSSR count). The molecule has 21 heavy (non-hydrogen) atoms. The number of nitrogens with zero attached hydrogens (tertiary/aromatic N) is 1. The normalized spacial score (nSPS) is 21.6. The van der Waals surface area contributed by atoms with Crippen LogP contribution in [0.5, 0.6) is 0 Å². The molecule has 0 aliphatic carbocycles. The number of rotatable bonds is 1. The van der Waals surface area contributed by atoms with Crippen LogP contribution in [0.15, 0.2) is 18.2 Å². The molecule has 1 aromatic carbocycles. The Morgan fingerprint density at radius 2 is 2.05 bits per heavy atom. The molecule has 0 saturated carbocycles. The van der Waals surface area contributed by atoms with Gasteiger partial charge >= 0.3 is 0 Å². The Balaban J connectivity index is 2.27. The standard InChI is InChI=1S/C17H22N2O2/c1-12-10-19(11-13(2)21-12)17(20)16-8-4-6-15(14(16)3)7-5-9-18/h4,6,8,12-13H,9-11,18H2,1-3H3.